The minimum atomic E-state index is -1.02. The van der Waals surface area contributed by atoms with Gasteiger partial charge in [-0.3, -0.25) is 9.59 Å². The first-order chi connectivity index (χ1) is 8.43. The number of carboxylic acids is 1. The van der Waals surface area contributed by atoms with Crippen LogP contribution in [0.1, 0.15) is 32.6 Å². The van der Waals surface area contributed by atoms with Crippen molar-refractivity contribution in [2.75, 3.05) is 13.6 Å². The maximum absolute atomic E-state index is 11.6. The normalized spacial score (nSPS) is 15.9. The van der Waals surface area contributed by atoms with E-state index in [9.17, 15) is 14.4 Å². The van der Waals surface area contributed by atoms with Crippen molar-refractivity contribution in [3.8, 4) is 0 Å². The van der Waals surface area contributed by atoms with Crippen LogP contribution in [-0.2, 0) is 14.4 Å². The maximum atomic E-state index is 11.6. The Bertz CT molecular complexity index is 339. The van der Waals surface area contributed by atoms with Gasteiger partial charge in [0.25, 0.3) is 0 Å². The molecule has 2 N–H and O–H groups in total. The standard InChI is InChI=1S/C12H20N2O4/c1-8(12(17)18)14(2)10(15)4-3-7-13-11(16)9-5-6-9/h8-9H,3-7H2,1-2H3,(H,13,16)(H,17,18). The molecule has 0 heterocycles. The van der Waals surface area contributed by atoms with Gasteiger partial charge in [-0.05, 0) is 26.2 Å². The van der Waals surface area contributed by atoms with Crippen LogP contribution in [0.4, 0.5) is 0 Å². The Morgan fingerprint density at radius 1 is 1.39 bits per heavy atom. The van der Waals surface area contributed by atoms with Crippen LogP contribution >= 0.6 is 0 Å². The Kier molecular flexibility index (Phi) is 5.12. The number of carbonyl (C=O) groups excluding carboxylic acids is 2. The zero-order valence-electron chi connectivity index (χ0n) is 10.8. The van der Waals surface area contributed by atoms with Crippen molar-refractivity contribution in [3.05, 3.63) is 0 Å². The molecule has 1 fully saturated rings. The van der Waals surface area contributed by atoms with E-state index >= 15 is 0 Å². The summed E-state index contributed by atoms with van der Waals surface area (Å²) < 4.78 is 0. The zero-order valence-corrected chi connectivity index (χ0v) is 10.8. The molecule has 0 aromatic rings. The van der Waals surface area contributed by atoms with Gasteiger partial charge in [0.05, 0.1) is 0 Å². The first-order valence-electron chi connectivity index (χ1n) is 6.19. The number of nitrogens with zero attached hydrogens (tertiary/aromatic N) is 1. The SMILES string of the molecule is CC(C(=O)O)N(C)C(=O)CCCNC(=O)C1CC1. The van der Waals surface area contributed by atoms with Gasteiger partial charge in [0, 0.05) is 25.9 Å². The molecule has 0 spiro atoms. The lowest BCUT2D eigenvalue weighted by Gasteiger charge is -2.21. The van der Waals surface area contributed by atoms with E-state index in [4.69, 9.17) is 5.11 Å². The van der Waals surface area contributed by atoms with E-state index in [1.807, 2.05) is 0 Å². The fourth-order valence-electron chi connectivity index (χ4n) is 1.50. The molecule has 1 aliphatic carbocycles. The molecule has 2 amide bonds. The maximum Gasteiger partial charge on any atom is 0.326 e. The summed E-state index contributed by atoms with van der Waals surface area (Å²) in [7, 11) is 1.48. The number of carboxylic acid groups (broad SMARTS) is 1. The van der Waals surface area contributed by atoms with E-state index in [1.165, 1.54) is 18.9 Å². The Morgan fingerprint density at radius 3 is 2.50 bits per heavy atom. The Morgan fingerprint density at radius 2 is 2.00 bits per heavy atom. The fraction of sp³-hybridized carbons (Fsp3) is 0.750. The van der Waals surface area contributed by atoms with Gasteiger partial charge in [0.2, 0.25) is 11.8 Å². The highest BCUT2D eigenvalue weighted by atomic mass is 16.4. The average Bonchev–Trinajstić information content (AvgIpc) is 3.15. The molecule has 0 aromatic carbocycles. The van der Waals surface area contributed by atoms with Crippen molar-refractivity contribution in [2.24, 2.45) is 5.92 Å². The lowest BCUT2D eigenvalue weighted by atomic mass is 10.2. The number of nitrogens with one attached hydrogen (secondary N) is 1. The molecule has 0 aliphatic heterocycles. The number of carbonyl (C=O) groups is 3. The van der Waals surface area contributed by atoms with Crippen LogP contribution in [-0.4, -0.2) is 47.4 Å². The Labute approximate surface area is 106 Å². The quantitative estimate of drug-likeness (QED) is 0.638. The second-order valence-electron chi connectivity index (χ2n) is 4.69. The molecule has 0 aromatic heterocycles. The molecule has 0 radical (unpaired) electrons. The molecule has 18 heavy (non-hydrogen) atoms. The number of rotatable bonds is 7. The van der Waals surface area contributed by atoms with E-state index in [1.54, 1.807) is 0 Å². The molecular formula is C12H20N2O4. The molecule has 1 rings (SSSR count). The number of hydrogen-bond acceptors (Lipinski definition) is 3. The van der Waals surface area contributed by atoms with Gasteiger partial charge in [-0.2, -0.15) is 0 Å². The van der Waals surface area contributed by atoms with Crippen molar-refractivity contribution in [1.29, 1.82) is 0 Å². The molecule has 0 saturated heterocycles. The average molecular weight is 256 g/mol. The lowest BCUT2D eigenvalue weighted by Crippen LogP contribution is -2.40. The number of likely N-dealkylation sites (N-methyl/N-ethyl adjacent to an activating group) is 1. The lowest BCUT2D eigenvalue weighted by molar-refractivity contribution is -0.148. The molecule has 1 saturated carbocycles. The predicted molar refractivity (Wildman–Crippen MR) is 64.8 cm³/mol. The van der Waals surface area contributed by atoms with Gasteiger partial charge < -0.3 is 15.3 Å². The highest BCUT2D eigenvalue weighted by Crippen LogP contribution is 2.28. The Balaban J connectivity index is 2.15. The molecule has 6 heteroatoms. The second-order valence-corrected chi connectivity index (χ2v) is 4.69. The largest absolute Gasteiger partial charge is 0.480 e. The van der Waals surface area contributed by atoms with Crippen molar-refractivity contribution in [1.82, 2.24) is 10.2 Å². The smallest absolute Gasteiger partial charge is 0.326 e. The van der Waals surface area contributed by atoms with Crippen LogP contribution in [0.2, 0.25) is 0 Å². The van der Waals surface area contributed by atoms with Gasteiger partial charge in [-0.1, -0.05) is 0 Å². The summed E-state index contributed by atoms with van der Waals surface area (Å²) in [5.74, 6) is -0.997. The highest BCUT2D eigenvalue weighted by Gasteiger charge is 2.29. The fourth-order valence-corrected chi connectivity index (χ4v) is 1.50. The van der Waals surface area contributed by atoms with Gasteiger partial charge in [0.1, 0.15) is 6.04 Å². The Hall–Kier alpha value is -1.59. The third kappa shape index (κ3) is 4.35. The first-order valence-corrected chi connectivity index (χ1v) is 6.19. The number of amides is 2. The molecule has 1 atom stereocenters. The van der Waals surface area contributed by atoms with E-state index in [0.29, 0.717) is 13.0 Å². The summed E-state index contributed by atoms with van der Waals surface area (Å²) in [4.78, 5) is 34.8. The first kappa shape index (κ1) is 14.5. The number of hydrogen-bond donors (Lipinski definition) is 2. The summed E-state index contributed by atoms with van der Waals surface area (Å²) in [6, 6.07) is -0.821. The minimum absolute atomic E-state index is 0.0645. The molecule has 1 unspecified atom stereocenters. The van der Waals surface area contributed by atoms with Gasteiger partial charge >= 0.3 is 5.97 Å². The van der Waals surface area contributed by atoms with Crippen molar-refractivity contribution < 1.29 is 19.5 Å². The summed E-state index contributed by atoms with van der Waals surface area (Å²) in [6.45, 7) is 1.94. The van der Waals surface area contributed by atoms with Crippen LogP contribution in [0.25, 0.3) is 0 Å². The van der Waals surface area contributed by atoms with Crippen molar-refractivity contribution >= 4 is 17.8 Å². The summed E-state index contributed by atoms with van der Waals surface area (Å²) in [5.41, 5.74) is 0. The van der Waals surface area contributed by atoms with Gasteiger partial charge in [-0.15, -0.1) is 0 Å². The third-order valence-electron chi connectivity index (χ3n) is 3.15. The van der Waals surface area contributed by atoms with Crippen LogP contribution < -0.4 is 5.32 Å². The van der Waals surface area contributed by atoms with Gasteiger partial charge in [-0.25, -0.2) is 4.79 Å². The van der Waals surface area contributed by atoms with E-state index in [2.05, 4.69) is 5.32 Å². The van der Waals surface area contributed by atoms with E-state index in [-0.39, 0.29) is 24.2 Å². The molecule has 6 nitrogen and oxygen atoms in total. The molecule has 1 aliphatic rings. The molecule has 0 bridgehead atoms. The monoisotopic (exact) mass is 256 g/mol. The summed E-state index contributed by atoms with van der Waals surface area (Å²) >= 11 is 0. The second kappa shape index (κ2) is 6.37. The topological polar surface area (TPSA) is 86.7 Å². The van der Waals surface area contributed by atoms with E-state index in [0.717, 1.165) is 12.8 Å². The van der Waals surface area contributed by atoms with Crippen LogP contribution in [0, 0.1) is 5.92 Å². The van der Waals surface area contributed by atoms with Crippen molar-refractivity contribution in [2.45, 2.75) is 38.6 Å². The van der Waals surface area contributed by atoms with Crippen LogP contribution in [0.5, 0.6) is 0 Å². The highest BCUT2D eigenvalue weighted by molar-refractivity contribution is 5.83. The predicted octanol–water partition coefficient (Wildman–Crippen LogP) is 0.224. The van der Waals surface area contributed by atoms with E-state index < -0.39 is 12.0 Å². The molecular weight excluding hydrogens is 236 g/mol. The van der Waals surface area contributed by atoms with Crippen LogP contribution in [0.15, 0.2) is 0 Å². The van der Waals surface area contributed by atoms with Crippen molar-refractivity contribution in [3.63, 3.8) is 0 Å². The summed E-state index contributed by atoms with van der Waals surface area (Å²) in [6.07, 6.45) is 2.71. The minimum Gasteiger partial charge on any atom is -0.480 e. The zero-order chi connectivity index (χ0) is 13.7. The number of aliphatic carboxylic acids is 1. The van der Waals surface area contributed by atoms with Gasteiger partial charge in [0.15, 0.2) is 0 Å². The summed E-state index contributed by atoms with van der Waals surface area (Å²) in [5, 5.41) is 11.5. The van der Waals surface area contributed by atoms with Crippen LogP contribution in [0.3, 0.4) is 0 Å². The molecule has 102 valence electrons. The third-order valence-corrected chi connectivity index (χ3v) is 3.15.